The molecule has 1 aliphatic rings. The Kier molecular flexibility index (Phi) is 44.9. The van der Waals surface area contributed by atoms with Gasteiger partial charge in [-0.2, -0.15) is 0 Å². The SMILES string of the molecule is CCCCC/C=C/CC/C=C/C(O)C(COC1OC(CO)C(O)C(O)C1O)NC(=O)CCCCCCC/C=C\CCCCCCCCCCCOC(=O)CCCCCCC/C=C\CCCCCCC. The predicted molar refractivity (Wildman–Crippen MR) is 283 cm³/mol. The quantitative estimate of drug-likeness (QED) is 0.0196. The first kappa shape index (κ1) is 64.6. The van der Waals surface area contributed by atoms with Crippen LogP contribution in [0.4, 0.5) is 0 Å². The van der Waals surface area contributed by atoms with Crippen LogP contribution >= 0.6 is 0 Å². The number of carbonyl (C=O) groups is 2. The van der Waals surface area contributed by atoms with Crippen LogP contribution in [0.25, 0.3) is 0 Å². The molecule has 402 valence electrons. The molecular formula is C58H105NO10. The maximum atomic E-state index is 13.0. The molecule has 7 unspecified atom stereocenters. The van der Waals surface area contributed by atoms with Crippen molar-refractivity contribution in [3.05, 3.63) is 48.6 Å². The normalized spacial score (nSPS) is 19.7. The topological polar surface area (TPSA) is 175 Å². The zero-order valence-corrected chi connectivity index (χ0v) is 44.0. The molecular weight excluding hydrogens is 871 g/mol. The van der Waals surface area contributed by atoms with Crippen molar-refractivity contribution >= 4 is 11.9 Å². The predicted octanol–water partition coefficient (Wildman–Crippen LogP) is 12.5. The number of nitrogens with one attached hydrogen (secondary N) is 1. The average molecular weight is 976 g/mol. The van der Waals surface area contributed by atoms with Gasteiger partial charge in [-0.25, -0.2) is 0 Å². The minimum atomic E-state index is -1.58. The number of hydrogen-bond donors (Lipinski definition) is 6. The van der Waals surface area contributed by atoms with Gasteiger partial charge in [-0.1, -0.05) is 184 Å². The Morgan fingerprint density at radius 1 is 0.522 bits per heavy atom. The van der Waals surface area contributed by atoms with Crippen LogP contribution in [0.3, 0.4) is 0 Å². The second-order valence-corrected chi connectivity index (χ2v) is 19.6. The Bertz CT molecular complexity index is 1290. The molecule has 1 aliphatic heterocycles. The lowest BCUT2D eigenvalue weighted by Crippen LogP contribution is -2.60. The molecule has 1 rings (SSSR count). The van der Waals surface area contributed by atoms with Gasteiger partial charge in [-0.3, -0.25) is 9.59 Å². The Hall–Kier alpha value is -2.38. The molecule has 1 amide bonds. The average Bonchev–Trinajstić information content (AvgIpc) is 3.34. The number of unbranched alkanes of at least 4 members (excludes halogenated alkanes) is 28. The monoisotopic (exact) mass is 976 g/mol. The van der Waals surface area contributed by atoms with E-state index >= 15 is 0 Å². The van der Waals surface area contributed by atoms with Crippen LogP contribution in [0.1, 0.15) is 245 Å². The number of hydrogen-bond acceptors (Lipinski definition) is 10. The van der Waals surface area contributed by atoms with Gasteiger partial charge >= 0.3 is 5.97 Å². The molecule has 1 heterocycles. The first-order chi connectivity index (χ1) is 33.7. The van der Waals surface area contributed by atoms with Crippen molar-refractivity contribution in [3.63, 3.8) is 0 Å². The lowest BCUT2D eigenvalue weighted by atomic mass is 9.99. The number of allylic oxidation sites excluding steroid dienone is 7. The third-order valence-corrected chi connectivity index (χ3v) is 13.1. The van der Waals surface area contributed by atoms with Gasteiger partial charge in [0.05, 0.1) is 32.0 Å². The molecule has 1 saturated heterocycles. The van der Waals surface area contributed by atoms with Crippen molar-refractivity contribution in [2.24, 2.45) is 0 Å². The lowest BCUT2D eigenvalue weighted by Gasteiger charge is -2.40. The number of aliphatic hydroxyl groups is 5. The summed E-state index contributed by atoms with van der Waals surface area (Å²) >= 11 is 0. The molecule has 69 heavy (non-hydrogen) atoms. The molecule has 0 aromatic heterocycles. The van der Waals surface area contributed by atoms with Crippen LogP contribution in [-0.2, 0) is 23.8 Å². The van der Waals surface area contributed by atoms with Gasteiger partial charge in [-0.15, -0.1) is 0 Å². The summed E-state index contributed by atoms with van der Waals surface area (Å²) in [6.45, 7) is 4.23. The molecule has 0 spiro atoms. The molecule has 0 aromatic carbocycles. The largest absolute Gasteiger partial charge is 0.466 e. The Morgan fingerprint density at radius 3 is 1.46 bits per heavy atom. The van der Waals surface area contributed by atoms with Gasteiger partial charge in [0.25, 0.3) is 0 Å². The molecule has 0 bridgehead atoms. The van der Waals surface area contributed by atoms with Gasteiger partial charge in [0.2, 0.25) is 5.91 Å². The van der Waals surface area contributed by atoms with Gasteiger partial charge < -0.3 is 45.1 Å². The molecule has 1 fully saturated rings. The van der Waals surface area contributed by atoms with Crippen molar-refractivity contribution in [2.45, 2.75) is 288 Å². The molecule has 11 nitrogen and oxygen atoms in total. The summed E-state index contributed by atoms with van der Waals surface area (Å²) in [5, 5.41) is 54.1. The van der Waals surface area contributed by atoms with Crippen LogP contribution in [0.5, 0.6) is 0 Å². The molecule has 11 heteroatoms. The third kappa shape index (κ3) is 38.0. The summed E-state index contributed by atoms with van der Waals surface area (Å²) in [5.74, 6) is -0.233. The highest BCUT2D eigenvalue weighted by Crippen LogP contribution is 2.23. The van der Waals surface area contributed by atoms with E-state index in [0.717, 1.165) is 89.9 Å². The highest BCUT2D eigenvalue weighted by atomic mass is 16.7. The van der Waals surface area contributed by atoms with Crippen LogP contribution in [0.2, 0.25) is 0 Å². The number of rotatable bonds is 48. The Morgan fingerprint density at radius 2 is 0.942 bits per heavy atom. The zero-order valence-electron chi connectivity index (χ0n) is 44.0. The Balaban J connectivity index is 2.07. The number of amides is 1. The van der Waals surface area contributed by atoms with Crippen molar-refractivity contribution < 1.29 is 49.3 Å². The van der Waals surface area contributed by atoms with E-state index in [1.165, 1.54) is 128 Å². The summed E-state index contributed by atoms with van der Waals surface area (Å²) < 4.78 is 16.6. The summed E-state index contributed by atoms with van der Waals surface area (Å²) in [5.41, 5.74) is 0. The van der Waals surface area contributed by atoms with E-state index in [0.29, 0.717) is 19.4 Å². The van der Waals surface area contributed by atoms with Crippen molar-refractivity contribution in [1.29, 1.82) is 0 Å². The van der Waals surface area contributed by atoms with E-state index in [1.807, 2.05) is 6.08 Å². The smallest absolute Gasteiger partial charge is 0.305 e. The maximum Gasteiger partial charge on any atom is 0.305 e. The van der Waals surface area contributed by atoms with Gasteiger partial charge in [0, 0.05) is 12.8 Å². The van der Waals surface area contributed by atoms with Crippen LogP contribution in [0, 0.1) is 0 Å². The number of ether oxygens (including phenoxy) is 3. The van der Waals surface area contributed by atoms with E-state index in [2.05, 4.69) is 55.6 Å². The second-order valence-electron chi connectivity index (χ2n) is 19.6. The minimum absolute atomic E-state index is 0.0229. The first-order valence-electron chi connectivity index (χ1n) is 28.4. The van der Waals surface area contributed by atoms with E-state index < -0.39 is 49.5 Å². The summed E-state index contributed by atoms with van der Waals surface area (Å²) in [7, 11) is 0. The molecule has 0 aromatic rings. The minimum Gasteiger partial charge on any atom is -0.466 e. The number of carbonyl (C=O) groups excluding carboxylic acids is 2. The van der Waals surface area contributed by atoms with Crippen LogP contribution < -0.4 is 5.32 Å². The fraction of sp³-hybridized carbons (Fsp3) is 0.828. The lowest BCUT2D eigenvalue weighted by molar-refractivity contribution is -0.302. The molecule has 0 saturated carbocycles. The molecule has 0 aliphatic carbocycles. The van der Waals surface area contributed by atoms with Gasteiger partial charge in [0.15, 0.2) is 6.29 Å². The summed E-state index contributed by atoms with van der Waals surface area (Å²) in [6.07, 6.45) is 49.3. The van der Waals surface area contributed by atoms with Gasteiger partial charge in [0.1, 0.15) is 24.4 Å². The van der Waals surface area contributed by atoms with E-state index in [9.17, 15) is 35.1 Å². The number of esters is 1. The van der Waals surface area contributed by atoms with Crippen LogP contribution in [0.15, 0.2) is 48.6 Å². The van der Waals surface area contributed by atoms with Crippen molar-refractivity contribution in [1.82, 2.24) is 5.32 Å². The highest BCUT2D eigenvalue weighted by molar-refractivity contribution is 5.76. The van der Waals surface area contributed by atoms with E-state index in [4.69, 9.17) is 14.2 Å². The third-order valence-electron chi connectivity index (χ3n) is 13.1. The first-order valence-corrected chi connectivity index (χ1v) is 28.4. The maximum absolute atomic E-state index is 13.0. The van der Waals surface area contributed by atoms with Gasteiger partial charge in [-0.05, 0) is 96.3 Å². The van der Waals surface area contributed by atoms with Crippen LogP contribution in [-0.4, -0.2) is 100 Å². The molecule has 0 radical (unpaired) electrons. The highest BCUT2D eigenvalue weighted by Gasteiger charge is 2.44. The molecule has 6 N–H and O–H groups in total. The zero-order chi connectivity index (χ0) is 50.3. The second kappa shape index (κ2) is 47.9. The standard InChI is InChI=1S/C58H105NO10/c1-3-5-7-9-11-13-14-15-23-26-30-34-38-42-46-54(63)67-47-43-39-35-31-27-24-21-19-17-16-18-20-22-25-29-33-37-41-45-53(62)59-50(51(61)44-40-36-32-28-12-10-8-6-4-2)49-68-58-57(66)56(65)55(64)52(48-60)69-58/h12,14-15,18,20,28,40,44,50-52,55-58,60-61,64-66H,3-11,13,16-17,19,21-27,29-39,41-43,45-49H2,1-2H3,(H,59,62)/b15-14-,20-18-,28-12+,44-40+. The molecule has 7 atom stereocenters. The fourth-order valence-corrected chi connectivity index (χ4v) is 8.56. The number of aliphatic hydroxyl groups excluding tert-OH is 5. The van der Waals surface area contributed by atoms with E-state index in [-0.39, 0.29) is 18.5 Å². The fourth-order valence-electron chi connectivity index (χ4n) is 8.56. The summed E-state index contributed by atoms with van der Waals surface area (Å²) in [6, 6.07) is -0.837. The van der Waals surface area contributed by atoms with Crippen molar-refractivity contribution in [3.8, 4) is 0 Å². The van der Waals surface area contributed by atoms with E-state index in [1.54, 1.807) is 6.08 Å². The Labute approximate surface area is 421 Å². The summed E-state index contributed by atoms with van der Waals surface area (Å²) in [4.78, 5) is 25.0. The van der Waals surface area contributed by atoms with Crippen molar-refractivity contribution in [2.75, 3.05) is 19.8 Å².